The van der Waals surface area contributed by atoms with Crippen LogP contribution in [0, 0.1) is 0 Å². The predicted octanol–water partition coefficient (Wildman–Crippen LogP) is 6.30. The highest BCUT2D eigenvalue weighted by Crippen LogP contribution is 2.53. The molecule has 0 N–H and O–H groups in total. The van der Waals surface area contributed by atoms with Gasteiger partial charge in [-0.05, 0) is 42.5 Å². The molecule has 34 heavy (non-hydrogen) atoms. The minimum atomic E-state index is -0.411. The number of hydrazone groups is 1. The van der Waals surface area contributed by atoms with E-state index in [1.807, 2.05) is 12.1 Å². The van der Waals surface area contributed by atoms with Gasteiger partial charge in [0.05, 0.1) is 26.0 Å². The van der Waals surface area contributed by atoms with E-state index in [1.54, 1.807) is 14.2 Å². The molecule has 5 nitrogen and oxygen atoms in total. The van der Waals surface area contributed by atoms with Crippen molar-refractivity contribution in [3.05, 3.63) is 89.5 Å². The first-order valence-electron chi connectivity index (χ1n) is 12.1. The van der Waals surface area contributed by atoms with Crippen LogP contribution in [-0.4, -0.2) is 30.7 Å². The fourth-order valence-corrected chi connectivity index (χ4v) is 5.89. The molecule has 2 heterocycles. The fourth-order valence-electron chi connectivity index (χ4n) is 5.89. The highest BCUT2D eigenvalue weighted by Gasteiger charge is 2.52. The molecule has 1 spiro atoms. The summed E-state index contributed by atoms with van der Waals surface area (Å²) in [6, 6.07) is 25.5. The molecule has 1 atom stereocenters. The normalized spacial score (nSPS) is 25.2. The van der Waals surface area contributed by atoms with Gasteiger partial charge >= 0.3 is 0 Å². The van der Waals surface area contributed by atoms with Crippen molar-refractivity contribution in [1.29, 1.82) is 0 Å². The van der Waals surface area contributed by atoms with E-state index in [2.05, 4.69) is 65.7 Å². The van der Waals surface area contributed by atoms with Crippen molar-refractivity contribution in [2.75, 3.05) is 14.2 Å². The number of hydrogen-bond acceptors (Lipinski definition) is 5. The highest BCUT2D eigenvalue weighted by molar-refractivity contribution is 6.04. The first kappa shape index (κ1) is 21.1. The molecular formula is C29H30N2O3. The molecule has 0 radical (unpaired) electrons. The zero-order chi connectivity index (χ0) is 23.1. The Balaban J connectivity index is 1.36. The van der Waals surface area contributed by atoms with Crippen molar-refractivity contribution >= 4 is 5.71 Å². The predicted molar refractivity (Wildman–Crippen MR) is 133 cm³/mol. The Labute approximate surface area is 201 Å². The topological polar surface area (TPSA) is 43.3 Å². The summed E-state index contributed by atoms with van der Waals surface area (Å²) < 4.78 is 17.9. The Hall–Kier alpha value is -3.47. The second-order valence-electron chi connectivity index (χ2n) is 9.45. The van der Waals surface area contributed by atoms with Gasteiger partial charge in [0.2, 0.25) is 0 Å². The molecule has 6 rings (SSSR count). The van der Waals surface area contributed by atoms with Crippen LogP contribution >= 0.6 is 0 Å². The van der Waals surface area contributed by atoms with Crippen LogP contribution in [0.3, 0.4) is 0 Å². The monoisotopic (exact) mass is 454 g/mol. The average molecular weight is 455 g/mol. The maximum Gasteiger partial charge on any atom is 0.198 e. The molecule has 174 valence electrons. The number of rotatable bonds is 4. The largest absolute Gasteiger partial charge is 0.497 e. The Bertz CT molecular complexity index is 1220. The van der Waals surface area contributed by atoms with Crippen LogP contribution in [-0.2, 0) is 0 Å². The van der Waals surface area contributed by atoms with Gasteiger partial charge in [0, 0.05) is 36.5 Å². The molecule has 5 heteroatoms. The SMILES string of the molecule is COc1ccc(C2=NN3[C@H](C2)c2ccccc2OC32CCC(c3ccccc3)CC2)c(OC)c1. The summed E-state index contributed by atoms with van der Waals surface area (Å²) in [7, 11) is 3.37. The van der Waals surface area contributed by atoms with Crippen molar-refractivity contribution in [3.8, 4) is 17.2 Å². The lowest BCUT2D eigenvalue weighted by Crippen LogP contribution is -2.55. The Morgan fingerprint density at radius 2 is 1.68 bits per heavy atom. The maximum absolute atomic E-state index is 6.80. The van der Waals surface area contributed by atoms with Crippen LogP contribution in [0.15, 0.2) is 77.9 Å². The summed E-state index contributed by atoms with van der Waals surface area (Å²) in [5.74, 6) is 3.13. The minimum absolute atomic E-state index is 0.167. The Morgan fingerprint density at radius 1 is 0.912 bits per heavy atom. The first-order chi connectivity index (χ1) is 16.7. The lowest BCUT2D eigenvalue weighted by Gasteiger charge is -2.50. The summed E-state index contributed by atoms with van der Waals surface area (Å²) in [6.45, 7) is 0. The molecular weight excluding hydrogens is 424 g/mol. The van der Waals surface area contributed by atoms with Gasteiger partial charge in [-0.1, -0.05) is 48.5 Å². The second kappa shape index (κ2) is 8.39. The van der Waals surface area contributed by atoms with Crippen molar-refractivity contribution in [2.45, 2.75) is 49.8 Å². The van der Waals surface area contributed by atoms with Crippen LogP contribution in [0.25, 0.3) is 0 Å². The molecule has 0 unspecified atom stereocenters. The first-order valence-corrected chi connectivity index (χ1v) is 12.1. The summed E-state index contributed by atoms with van der Waals surface area (Å²) in [4.78, 5) is 0. The van der Waals surface area contributed by atoms with E-state index in [4.69, 9.17) is 19.3 Å². The zero-order valence-corrected chi connectivity index (χ0v) is 19.7. The fraction of sp³-hybridized carbons (Fsp3) is 0.345. The van der Waals surface area contributed by atoms with Gasteiger partial charge in [-0.3, -0.25) is 0 Å². The van der Waals surface area contributed by atoms with Crippen LogP contribution < -0.4 is 14.2 Å². The van der Waals surface area contributed by atoms with Crippen molar-refractivity contribution in [2.24, 2.45) is 5.10 Å². The number of methoxy groups -OCH3 is 2. The highest BCUT2D eigenvalue weighted by atomic mass is 16.5. The molecule has 1 aliphatic carbocycles. The summed E-state index contributed by atoms with van der Waals surface area (Å²) in [6.07, 6.45) is 4.91. The molecule has 2 aliphatic heterocycles. The lowest BCUT2D eigenvalue weighted by molar-refractivity contribution is -0.142. The molecule has 0 aromatic heterocycles. The van der Waals surface area contributed by atoms with Crippen molar-refractivity contribution in [1.82, 2.24) is 5.01 Å². The van der Waals surface area contributed by atoms with Crippen molar-refractivity contribution in [3.63, 3.8) is 0 Å². The quantitative estimate of drug-likeness (QED) is 0.464. The van der Waals surface area contributed by atoms with E-state index < -0.39 is 5.72 Å². The number of nitrogens with zero attached hydrogens (tertiary/aromatic N) is 2. The van der Waals surface area contributed by atoms with E-state index in [-0.39, 0.29) is 6.04 Å². The standard InChI is InChI=1S/C29H30N2O3/c1-32-22-12-13-23(28(18-22)33-2)25-19-26-24-10-6-7-11-27(24)34-29(31(26)30-25)16-14-21(15-17-29)20-8-4-3-5-9-20/h3-13,18,21,26H,14-17,19H2,1-2H3/t21?,26-,29?/m1/s1. The van der Waals surface area contributed by atoms with Gasteiger partial charge in [-0.15, -0.1) is 0 Å². The average Bonchev–Trinajstić information content (AvgIpc) is 3.36. The van der Waals surface area contributed by atoms with Gasteiger partial charge < -0.3 is 14.2 Å². The van der Waals surface area contributed by atoms with Gasteiger partial charge in [0.25, 0.3) is 0 Å². The minimum Gasteiger partial charge on any atom is -0.497 e. The third-order valence-corrected chi connectivity index (χ3v) is 7.66. The molecule has 0 saturated heterocycles. The van der Waals surface area contributed by atoms with E-state index in [9.17, 15) is 0 Å². The third-order valence-electron chi connectivity index (χ3n) is 7.66. The molecule has 1 saturated carbocycles. The van der Waals surface area contributed by atoms with Crippen LogP contribution in [0.4, 0.5) is 0 Å². The molecule has 3 aliphatic rings. The van der Waals surface area contributed by atoms with Crippen LogP contribution in [0.1, 0.15) is 60.8 Å². The lowest BCUT2D eigenvalue weighted by atomic mass is 9.78. The van der Waals surface area contributed by atoms with Crippen LogP contribution in [0.2, 0.25) is 0 Å². The Morgan fingerprint density at radius 3 is 2.44 bits per heavy atom. The Kier molecular flexibility index (Phi) is 5.20. The number of fused-ring (bicyclic) bond motifs is 4. The van der Waals surface area contributed by atoms with Gasteiger partial charge in [0.15, 0.2) is 5.72 Å². The summed E-state index contributed by atoms with van der Waals surface area (Å²) in [5, 5.41) is 7.50. The zero-order valence-electron chi connectivity index (χ0n) is 19.7. The summed E-state index contributed by atoms with van der Waals surface area (Å²) >= 11 is 0. The van der Waals surface area contributed by atoms with E-state index in [0.717, 1.165) is 60.6 Å². The molecule has 0 bridgehead atoms. The second-order valence-corrected chi connectivity index (χ2v) is 9.45. The molecule has 1 fully saturated rings. The smallest absolute Gasteiger partial charge is 0.198 e. The number of ether oxygens (including phenoxy) is 3. The van der Waals surface area contributed by atoms with Gasteiger partial charge in [-0.25, -0.2) is 5.01 Å². The third kappa shape index (κ3) is 3.42. The van der Waals surface area contributed by atoms with Crippen LogP contribution in [0.5, 0.6) is 17.2 Å². The number of hydrogen-bond donors (Lipinski definition) is 0. The van der Waals surface area contributed by atoms with Gasteiger partial charge in [-0.2, -0.15) is 5.10 Å². The van der Waals surface area contributed by atoms with Gasteiger partial charge in [0.1, 0.15) is 17.2 Å². The number of benzene rings is 3. The molecule has 3 aromatic rings. The van der Waals surface area contributed by atoms with Crippen molar-refractivity contribution < 1.29 is 14.2 Å². The van der Waals surface area contributed by atoms with E-state index >= 15 is 0 Å². The number of para-hydroxylation sites is 1. The summed E-state index contributed by atoms with van der Waals surface area (Å²) in [5.41, 5.74) is 4.28. The molecule has 3 aromatic carbocycles. The maximum atomic E-state index is 6.80. The van der Waals surface area contributed by atoms with E-state index in [1.165, 1.54) is 11.1 Å². The van der Waals surface area contributed by atoms with E-state index in [0.29, 0.717) is 5.92 Å². The molecule has 0 amide bonds.